The maximum absolute atomic E-state index is 13.0. The highest BCUT2D eigenvalue weighted by Crippen LogP contribution is 2.29. The number of nitrogens with zero attached hydrogens (tertiary/aromatic N) is 4. The molecule has 11 heteroatoms. The van der Waals surface area contributed by atoms with Gasteiger partial charge < -0.3 is 24.8 Å². The summed E-state index contributed by atoms with van der Waals surface area (Å²) in [5, 5.41) is 13.0. The second kappa shape index (κ2) is 10.1. The molecule has 0 spiro atoms. The quantitative estimate of drug-likeness (QED) is 0.390. The van der Waals surface area contributed by atoms with Gasteiger partial charge in [0.15, 0.2) is 4.34 Å². The van der Waals surface area contributed by atoms with Gasteiger partial charge in [-0.05, 0) is 6.07 Å². The molecule has 1 fully saturated rings. The largest absolute Gasteiger partial charge is 0.383 e. The highest BCUT2D eigenvalue weighted by Gasteiger charge is 2.25. The molecular formula is C20H24N6O3S2. The Hall–Kier alpha value is -2.63. The maximum atomic E-state index is 13.0. The van der Waals surface area contributed by atoms with Crippen LogP contribution in [-0.4, -0.2) is 84.1 Å². The lowest BCUT2D eigenvalue weighted by atomic mass is 10.1. The van der Waals surface area contributed by atoms with Crippen LogP contribution >= 0.6 is 23.1 Å². The summed E-state index contributed by atoms with van der Waals surface area (Å²) in [5.74, 6) is 0.291. The van der Waals surface area contributed by atoms with Crippen LogP contribution in [0.15, 0.2) is 34.8 Å². The van der Waals surface area contributed by atoms with Gasteiger partial charge in [-0.3, -0.25) is 9.59 Å². The van der Waals surface area contributed by atoms with E-state index in [0.717, 1.165) is 20.4 Å². The van der Waals surface area contributed by atoms with Gasteiger partial charge in [0.2, 0.25) is 11.0 Å². The molecule has 2 aromatic heterocycles. The summed E-state index contributed by atoms with van der Waals surface area (Å²) in [6.07, 6.45) is 1.79. The number of aromatic amines is 1. The van der Waals surface area contributed by atoms with Crippen LogP contribution in [0.2, 0.25) is 0 Å². The number of hydrogen-bond donors (Lipinski definition) is 2. The number of amides is 2. The minimum Gasteiger partial charge on any atom is -0.383 e. The Morgan fingerprint density at radius 1 is 1.23 bits per heavy atom. The Labute approximate surface area is 188 Å². The fourth-order valence-corrected chi connectivity index (χ4v) is 5.10. The summed E-state index contributed by atoms with van der Waals surface area (Å²) >= 11 is 2.85. The minimum atomic E-state index is -0.0526. The van der Waals surface area contributed by atoms with Crippen LogP contribution in [0.3, 0.4) is 0 Å². The SMILES string of the molecule is COCCNC(=O)CSc1nnc(N2CCN(C(=O)c3c[nH]c4ccccc34)CC2)s1. The van der Waals surface area contributed by atoms with Crippen molar-refractivity contribution in [2.45, 2.75) is 4.34 Å². The van der Waals surface area contributed by atoms with E-state index in [1.807, 2.05) is 29.2 Å². The zero-order valence-corrected chi connectivity index (χ0v) is 18.8. The molecule has 3 heterocycles. The van der Waals surface area contributed by atoms with E-state index in [0.29, 0.717) is 50.6 Å². The predicted molar refractivity (Wildman–Crippen MR) is 122 cm³/mol. The van der Waals surface area contributed by atoms with E-state index in [2.05, 4.69) is 25.4 Å². The molecule has 1 aliphatic heterocycles. The highest BCUT2D eigenvalue weighted by atomic mass is 32.2. The van der Waals surface area contributed by atoms with E-state index in [4.69, 9.17) is 4.74 Å². The molecule has 0 unspecified atom stereocenters. The van der Waals surface area contributed by atoms with E-state index in [9.17, 15) is 9.59 Å². The zero-order chi connectivity index (χ0) is 21.6. The summed E-state index contributed by atoms with van der Waals surface area (Å²) in [7, 11) is 1.60. The Kier molecular flexibility index (Phi) is 7.05. The molecule has 1 aliphatic rings. The fourth-order valence-electron chi connectivity index (χ4n) is 3.38. The van der Waals surface area contributed by atoms with Crippen LogP contribution in [0, 0.1) is 0 Å². The first-order chi connectivity index (χ1) is 15.2. The molecule has 1 aromatic carbocycles. The van der Waals surface area contributed by atoms with E-state index < -0.39 is 0 Å². The van der Waals surface area contributed by atoms with E-state index in [1.165, 1.54) is 23.1 Å². The van der Waals surface area contributed by atoms with E-state index in [1.54, 1.807) is 13.3 Å². The van der Waals surface area contributed by atoms with Crippen molar-refractivity contribution < 1.29 is 14.3 Å². The number of aromatic nitrogens is 3. The Morgan fingerprint density at radius 2 is 2.03 bits per heavy atom. The summed E-state index contributed by atoms with van der Waals surface area (Å²) in [4.78, 5) is 32.0. The second-order valence-electron chi connectivity index (χ2n) is 7.01. The zero-order valence-electron chi connectivity index (χ0n) is 17.2. The van der Waals surface area contributed by atoms with Crippen LogP contribution < -0.4 is 10.2 Å². The Bertz CT molecular complexity index is 1040. The van der Waals surface area contributed by atoms with Gasteiger partial charge in [-0.1, -0.05) is 41.3 Å². The van der Waals surface area contributed by atoms with Crippen LogP contribution in [0.4, 0.5) is 5.13 Å². The number of anilines is 1. The second-order valence-corrected chi connectivity index (χ2v) is 9.19. The number of methoxy groups -OCH3 is 1. The molecule has 0 bridgehead atoms. The molecule has 31 heavy (non-hydrogen) atoms. The number of carbonyl (C=O) groups is 2. The average Bonchev–Trinajstić information content (AvgIpc) is 3.45. The van der Waals surface area contributed by atoms with Gasteiger partial charge in [0, 0.05) is 56.9 Å². The monoisotopic (exact) mass is 460 g/mol. The molecule has 0 saturated carbocycles. The number of para-hydroxylation sites is 1. The van der Waals surface area contributed by atoms with Crippen LogP contribution in [-0.2, 0) is 9.53 Å². The molecule has 3 aromatic rings. The molecule has 164 valence electrons. The van der Waals surface area contributed by atoms with Crippen molar-refractivity contribution in [2.24, 2.45) is 0 Å². The molecule has 0 radical (unpaired) electrons. The fraction of sp³-hybridized carbons (Fsp3) is 0.400. The standard InChI is InChI=1S/C20H24N6O3S2/c1-29-11-6-21-17(27)13-30-20-24-23-19(31-20)26-9-7-25(8-10-26)18(28)15-12-22-16-5-3-2-4-14(15)16/h2-5,12,22H,6-11,13H2,1H3,(H,21,27). The normalized spacial score (nSPS) is 14.2. The van der Waals surface area contributed by atoms with Crippen LogP contribution in [0.5, 0.6) is 0 Å². The number of ether oxygens (including phenoxy) is 1. The van der Waals surface area contributed by atoms with Gasteiger partial charge in [0.1, 0.15) is 0 Å². The van der Waals surface area contributed by atoms with Crippen molar-refractivity contribution in [2.75, 3.05) is 57.1 Å². The molecule has 2 amide bonds. The van der Waals surface area contributed by atoms with E-state index >= 15 is 0 Å². The van der Waals surface area contributed by atoms with Crippen molar-refractivity contribution in [1.29, 1.82) is 0 Å². The smallest absolute Gasteiger partial charge is 0.256 e. The van der Waals surface area contributed by atoms with Gasteiger partial charge in [0.25, 0.3) is 5.91 Å². The minimum absolute atomic E-state index is 0.0464. The number of fused-ring (bicyclic) bond motifs is 1. The molecule has 1 saturated heterocycles. The average molecular weight is 461 g/mol. The number of benzene rings is 1. The summed E-state index contributed by atoms with van der Waals surface area (Å²) in [6.45, 7) is 3.65. The molecular weight excluding hydrogens is 436 g/mol. The lowest BCUT2D eigenvalue weighted by Gasteiger charge is -2.34. The molecule has 2 N–H and O–H groups in total. The van der Waals surface area contributed by atoms with Gasteiger partial charge in [0.05, 0.1) is 17.9 Å². The number of carbonyl (C=O) groups excluding carboxylic acids is 2. The lowest BCUT2D eigenvalue weighted by molar-refractivity contribution is -0.118. The molecule has 0 atom stereocenters. The third-order valence-corrected chi connectivity index (χ3v) is 7.13. The van der Waals surface area contributed by atoms with Gasteiger partial charge in [-0.2, -0.15) is 0 Å². The van der Waals surface area contributed by atoms with Crippen molar-refractivity contribution >= 4 is 50.9 Å². The third-order valence-electron chi connectivity index (χ3n) is 5.01. The molecule has 9 nitrogen and oxygen atoms in total. The summed E-state index contributed by atoms with van der Waals surface area (Å²) in [6, 6.07) is 7.83. The van der Waals surface area contributed by atoms with Crippen LogP contribution in [0.1, 0.15) is 10.4 Å². The van der Waals surface area contributed by atoms with Gasteiger partial charge in [-0.25, -0.2) is 0 Å². The van der Waals surface area contributed by atoms with Crippen molar-refractivity contribution in [3.05, 3.63) is 36.0 Å². The van der Waals surface area contributed by atoms with Gasteiger partial charge in [-0.15, -0.1) is 10.2 Å². The molecule has 0 aliphatic carbocycles. The Morgan fingerprint density at radius 3 is 2.84 bits per heavy atom. The number of hydrogen-bond acceptors (Lipinski definition) is 8. The number of thioether (sulfide) groups is 1. The summed E-state index contributed by atoms with van der Waals surface area (Å²) in [5.41, 5.74) is 1.68. The first-order valence-electron chi connectivity index (χ1n) is 9.98. The van der Waals surface area contributed by atoms with Crippen molar-refractivity contribution in [3.63, 3.8) is 0 Å². The predicted octanol–water partition coefficient (Wildman–Crippen LogP) is 1.84. The number of nitrogens with one attached hydrogen (secondary N) is 2. The van der Waals surface area contributed by atoms with Crippen molar-refractivity contribution in [1.82, 2.24) is 25.4 Å². The van der Waals surface area contributed by atoms with Crippen LogP contribution in [0.25, 0.3) is 10.9 Å². The molecule has 4 rings (SSSR count). The number of H-pyrrole nitrogens is 1. The first kappa shape index (κ1) is 21.6. The van der Waals surface area contributed by atoms with Crippen molar-refractivity contribution in [3.8, 4) is 0 Å². The number of rotatable bonds is 8. The highest BCUT2D eigenvalue weighted by molar-refractivity contribution is 8.01. The topological polar surface area (TPSA) is 103 Å². The Balaban J connectivity index is 1.28. The van der Waals surface area contributed by atoms with Gasteiger partial charge >= 0.3 is 0 Å². The van der Waals surface area contributed by atoms with E-state index in [-0.39, 0.29) is 11.8 Å². The summed E-state index contributed by atoms with van der Waals surface area (Å²) < 4.78 is 5.67. The first-order valence-corrected chi connectivity index (χ1v) is 11.8. The lowest BCUT2D eigenvalue weighted by Crippen LogP contribution is -2.48. The maximum Gasteiger partial charge on any atom is 0.256 e. The number of piperazine rings is 1. The third kappa shape index (κ3) is 5.17.